The number of nitrogens with zero attached hydrogens (tertiary/aromatic N) is 3. The second kappa shape index (κ2) is 39.8. The number of nitrogens with one attached hydrogen (secondary N) is 7. The van der Waals surface area contributed by atoms with Crippen LogP contribution in [0.5, 0.6) is 0 Å². The highest BCUT2D eigenvalue weighted by atomic mass is 16.4. The lowest BCUT2D eigenvalue weighted by molar-refractivity contribution is -0.301. The highest BCUT2D eigenvalue weighted by molar-refractivity contribution is 6.31. The standard InChI is InChI=1S/C44H76N10O11/c1-4-7-10-13-16-20-30-46-52-36(55)27-25-34(49-38(57)33(51-42(61)44(64)65)24-19-23-29-45-41(60)43(62)63)39(58)50-35(40(59)54-48-32-22-18-15-12-9-6-3)26-28-37(56)53-47-31-21-17-14-11-8-5-2/h30-35H,4-29H2,1-3H3,(H,45,60)(H,49,57)(H,50,58)(H,51,61)(H,52,55)(H,53,56)(H,54,59)(H,62,63)(H,64,65)/p-2/b46-30-,47-31+,48-32?/t33-,34-,35-/m0/s1. The van der Waals surface area contributed by atoms with Crippen molar-refractivity contribution in [3.8, 4) is 0 Å². The van der Waals surface area contributed by atoms with E-state index in [1.165, 1.54) is 6.21 Å². The van der Waals surface area contributed by atoms with Crippen molar-refractivity contribution < 1.29 is 53.4 Å². The molecule has 0 heterocycles. The van der Waals surface area contributed by atoms with Crippen molar-refractivity contribution in [1.29, 1.82) is 0 Å². The zero-order valence-corrected chi connectivity index (χ0v) is 38.7. The number of unbranched alkanes of at least 4 members (excludes halogenated alkanes) is 16. The fourth-order valence-electron chi connectivity index (χ4n) is 6.11. The Morgan fingerprint density at radius 3 is 1.23 bits per heavy atom. The highest BCUT2D eigenvalue weighted by Crippen LogP contribution is 2.09. The van der Waals surface area contributed by atoms with E-state index in [0.717, 1.165) is 96.3 Å². The molecule has 7 N–H and O–H groups in total. The maximum absolute atomic E-state index is 14.0. The van der Waals surface area contributed by atoms with Crippen LogP contribution in [0.15, 0.2) is 15.3 Å². The number of hydrogen-bond donors (Lipinski definition) is 7. The molecule has 0 saturated carbocycles. The molecule has 0 radical (unpaired) electrons. The summed E-state index contributed by atoms with van der Waals surface area (Å²) in [6, 6.07) is -4.52. The third-order valence-corrected chi connectivity index (χ3v) is 9.92. The third kappa shape index (κ3) is 33.4. The summed E-state index contributed by atoms with van der Waals surface area (Å²) in [5.74, 6) is -11.1. The normalized spacial score (nSPS) is 12.6. The second-order valence-corrected chi connectivity index (χ2v) is 15.6. The van der Waals surface area contributed by atoms with Gasteiger partial charge in [0.25, 0.3) is 17.7 Å². The van der Waals surface area contributed by atoms with Crippen LogP contribution in [0.3, 0.4) is 0 Å². The smallest absolute Gasteiger partial charge is 0.267 e. The monoisotopic (exact) mass is 919 g/mol. The number of carbonyl (C=O) groups is 9. The SMILES string of the molecule is CCCCCCCC=NNC(=O)[C@H](CCC(=O)N/N=C/CCCCCCC)NC(=O)[C@H](CCC(=O)N/N=C\CCCCCCC)NC(=O)[C@H](CCCCNC(=O)C(=O)[O-])NC(=O)C(=O)[O-]. The van der Waals surface area contributed by atoms with Crippen LogP contribution in [0.4, 0.5) is 0 Å². The van der Waals surface area contributed by atoms with Gasteiger partial charge in [0.1, 0.15) is 30.1 Å². The number of carboxylic acid groups (broad SMARTS) is 2. The van der Waals surface area contributed by atoms with Gasteiger partial charge in [-0.1, -0.05) is 97.8 Å². The van der Waals surface area contributed by atoms with Gasteiger partial charge < -0.3 is 41.1 Å². The van der Waals surface area contributed by atoms with Crippen LogP contribution in [0.2, 0.25) is 0 Å². The minimum atomic E-state index is -2.15. The molecule has 0 aromatic heterocycles. The summed E-state index contributed by atoms with van der Waals surface area (Å²) in [5.41, 5.74) is 7.17. The summed E-state index contributed by atoms with van der Waals surface area (Å²) < 4.78 is 0. The third-order valence-electron chi connectivity index (χ3n) is 9.92. The van der Waals surface area contributed by atoms with Gasteiger partial charge in [-0.2, -0.15) is 15.3 Å². The Morgan fingerprint density at radius 1 is 0.431 bits per heavy atom. The fourth-order valence-corrected chi connectivity index (χ4v) is 6.11. The Hall–Kier alpha value is -5.76. The molecule has 0 bridgehead atoms. The summed E-state index contributed by atoms with van der Waals surface area (Å²) >= 11 is 0. The van der Waals surface area contributed by atoms with Crippen molar-refractivity contribution in [2.24, 2.45) is 15.3 Å². The number of amides is 7. The molecule has 0 aromatic carbocycles. The zero-order chi connectivity index (χ0) is 48.5. The number of hydrogen-bond acceptors (Lipinski definition) is 14. The second-order valence-electron chi connectivity index (χ2n) is 15.6. The first kappa shape index (κ1) is 59.2. The fraction of sp³-hybridized carbons (Fsp3) is 0.727. The van der Waals surface area contributed by atoms with Crippen molar-refractivity contribution >= 4 is 71.9 Å². The first-order valence-electron chi connectivity index (χ1n) is 23.3. The average Bonchev–Trinajstić information content (AvgIpc) is 3.27. The van der Waals surface area contributed by atoms with E-state index in [1.807, 2.05) is 5.32 Å². The molecule has 3 atom stereocenters. The van der Waals surface area contributed by atoms with E-state index in [4.69, 9.17) is 0 Å². The van der Waals surface area contributed by atoms with Gasteiger partial charge >= 0.3 is 0 Å². The predicted octanol–water partition coefficient (Wildman–Crippen LogP) is 1.18. The van der Waals surface area contributed by atoms with Gasteiger partial charge in [-0.25, -0.2) is 16.3 Å². The Balaban J connectivity index is 6.22. The molecular weight excluding hydrogens is 845 g/mol. The quantitative estimate of drug-likeness (QED) is 0.0200. The van der Waals surface area contributed by atoms with Crippen LogP contribution in [0.1, 0.15) is 181 Å². The van der Waals surface area contributed by atoms with Crippen molar-refractivity contribution in [3.05, 3.63) is 0 Å². The molecule has 21 nitrogen and oxygen atoms in total. The first-order valence-corrected chi connectivity index (χ1v) is 23.3. The predicted molar refractivity (Wildman–Crippen MR) is 241 cm³/mol. The molecule has 0 aromatic rings. The number of aliphatic carboxylic acids is 2. The van der Waals surface area contributed by atoms with Crippen LogP contribution in [-0.4, -0.2) is 96.6 Å². The van der Waals surface area contributed by atoms with Gasteiger partial charge in [-0.15, -0.1) is 0 Å². The van der Waals surface area contributed by atoms with Crippen LogP contribution in [0, 0.1) is 0 Å². The van der Waals surface area contributed by atoms with Crippen molar-refractivity contribution in [2.75, 3.05) is 6.54 Å². The Labute approximate surface area is 383 Å². The number of carbonyl (C=O) groups excluding carboxylic acids is 9. The largest absolute Gasteiger partial charge is 0.540 e. The van der Waals surface area contributed by atoms with Crippen molar-refractivity contribution in [2.45, 2.75) is 199 Å². The number of carboxylic acids is 2. The van der Waals surface area contributed by atoms with Crippen molar-refractivity contribution in [3.63, 3.8) is 0 Å². The molecule has 368 valence electrons. The zero-order valence-electron chi connectivity index (χ0n) is 38.7. The lowest BCUT2D eigenvalue weighted by Gasteiger charge is -2.25. The summed E-state index contributed by atoms with van der Waals surface area (Å²) in [5, 5.41) is 42.9. The van der Waals surface area contributed by atoms with Crippen LogP contribution in [0.25, 0.3) is 0 Å². The van der Waals surface area contributed by atoms with E-state index in [1.54, 1.807) is 12.4 Å². The Morgan fingerprint density at radius 2 is 0.815 bits per heavy atom. The Bertz CT molecular complexity index is 1540. The van der Waals surface area contributed by atoms with Crippen molar-refractivity contribution in [1.82, 2.24) is 37.5 Å². The molecule has 0 fully saturated rings. The highest BCUT2D eigenvalue weighted by Gasteiger charge is 2.30. The molecule has 0 aliphatic heterocycles. The van der Waals surface area contributed by atoms with Gasteiger partial charge in [-0.05, 0) is 70.6 Å². The summed E-state index contributed by atoms with van der Waals surface area (Å²) in [6.45, 7) is 6.18. The molecule has 7 amide bonds. The number of hydrazone groups is 3. The number of rotatable bonds is 38. The van der Waals surface area contributed by atoms with E-state index < -0.39 is 71.4 Å². The lowest BCUT2D eigenvalue weighted by Crippen LogP contribution is -2.57. The van der Waals surface area contributed by atoms with Gasteiger partial charge in [0.15, 0.2) is 0 Å². The maximum Gasteiger partial charge on any atom is 0.267 e. The van der Waals surface area contributed by atoms with Crippen LogP contribution < -0.4 is 47.8 Å². The van der Waals surface area contributed by atoms with Gasteiger partial charge in [-0.3, -0.25) is 33.6 Å². The van der Waals surface area contributed by atoms with Crippen LogP contribution in [-0.2, 0) is 43.2 Å². The lowest BCUT2D eigenvalue weighted by atomic mass is 10.0. The average molecular weight is 919 g/mol. The topological polar surface area (TPSA) is 321 Å². The van der Waals surface area contributed by atoms with E-state index in [0.29, 0.717) is 19.3 Å². The molecule has 0 saturated heterocycles. The minimum Gasteiger partial charge on any atom is -0.540 e. The summed E-state index contributed by atoms with van der Waals surface area (Å²) in [7, 11) is 0. The summed E-state index contributed by atoms with van der Waals surface area (Å²) in [6.07, 6.45) is 20.8. The maximum atomic E-state index is 14.0. The minimum absolute atomic E-state index is 0.0428. The molecule has 0 unspecified atom stereocenters. The molecule has 0 aliphatic rings. The molecule has 21 heteroatoms. The van der Waals surface area contributed by atoms with E-state index in [-0.39, 0.29) is 51.5 Å². The molecule has 0 spiro atoms. The molecule has 0 rings (SSSR count). The van der Waals surface area contributed by atoms with Gasteiger partial charge in [0.05, 0.1) is 0 Å². The molecular formula is C44H74N10O11-2. The Kier molecular flexibility index (Phi) is 36.3. The van der Waals surface area contributed by atoms with Crippen LogP contribution >= 0.6 is 0 Å². The summed E-state index contributed by atoms with van der Waals surface area (Å²) in [4.78, 5) is 112. The van der Waals surface area contributed by atoms with Gasteiger partial charge in [0.2, 0.25) is 23.6 Å². The van der Waals surface area contributed by atoms with E-state index in [2.05, 4.69) is 68.3 Å². The molecule has 65 heavy (non-hydrogen) atoms. The van der Waals surface area contributed by atoms with Gasteiger partial charge in [0, 0.05) is 38.0 Å². The first-order chi connectivity index (χ1) is 31.3. The van der Waals surface area contributed by atoms with E-state index >= 15 is 0 Å². The molecule has 0 aliphatic carbocycles. The van der Waals surface area contributed by atoms with E-state index in [9.17, 15) is 53.4 Å².